The van der Waals surface area contributed by atoms with Gasteiger partial charge in [0.2, 0.25) is 5.75 Å². The molecule has 0 unspecified atom stereocenters. The molecular formula is C18H16FNO3. The van der Waals surface area contributed by atoms with E-state index >= 15 is 0 Å². The van der Waals surface area contributed by atoms with E-state index in [1.165, 1.54) is 12.1 Å². The Kier molecular flexibility index (Phi) is 4.02. The van der Waals surface area contributed by atoms with Gasteiger partial charge in [-0.3, -0.25) is 4.98 Å². The Morgan fingerprint density at radius 1 is 0.870 bits per heavy atom. The van der Waals surface area contributed by atoms with Gasteiger partial charge in [-0.25, -0.2) is 4.39 Å². The molecule has 23 heavy (non-hydrogen) atoms. The molecule has 118 valence electrons. The van der Waals surface area contributed by atoms with Gasteiger partial charge in [0.15, 0.2) is 11.5 Å². The first kappa shape index (κ1) is 15.1. The van der Waals surface area contributed by atoms with Gasteiger partial charge in [-0.05, 0) is 41.8 Å². The van der Waals surface area contributed by atoms with E-state index in [1.54, 1.807) is 39.7 Å². The van der Waals surface area contributed by atoms with Crippen LogP contribution >= 0.6 is 0 Å². The van der Waals surface area contributed by atoms with Crippen molar-refractivity contribution in [2.24, 2.45) is 0 Å². The first-order valence-electron chi connectivity index (χ1n) is 7.03. The van der Waals surface area contributed by atoms with Crippen LogP contribution in [0.5, 0.6) is 17.2 Å². The number of pyridine rings is 1. The summed E-state index contributed by atoms with van der Waals surface area (Å²) in [6, 6.07) is 9.92. The van der Waals surface area contributed by atoms with Gasteiger partial charge in [-0.1, -0.05) is 0 Å². The molecule has 0 aliphatic heterocycles. The third kappa shape index (κ3) is 2.54. The molecule has 0 bridgehead atoms. The van der Waals surface area contributed by atoms with E-state index in [4.69, 9.17) is 14.2 Å². The molecule has 0 atom stereocenters. The summed E-state index contributed by atoms with van der Waals surface area (Å²) in [5, 5.41) is 1.69. The van der Waals surface area contributed by atoms with E-state index in [9.17, 15) is 4.39 Å². The fraction of sp³-hybridized carbons (Fsp3) is 0.167. The van der Waals surface area contributed by atoms with E-state index < -0.39 is 0 Å². The molecule has 5 heteroatoms. The lowest BCUT2D eigenvalue weighted by Crippen LogP contribution is -1.98. The first-order valence-corrected chi connectivity index (χ1v) is 7.03. The molecule has 0 aliphatic rings. The summed E-state index contributed by atoms with van der Waals surface area (Å²) >= 11 is 0. The lowest BCUT2D eigenvalue weighted by Gasteiger charge is -2.16. The molecule has 3 rings (SSSR count). The van der Waals surface area contributed by atoms with E-state index in [1.807, 2.05) is 12.1 Å². The average Bonchev–Trinajstić information content (AvgIpc) is 2.60. The standard InChI is InChI=1S/C18H16FNO3/c1-21-14-10-12-8-9-20-16(11-4-6-13(19)7-5-11)15(12)18(23-3)17(14)22-2/h4-10H,1-3H3. The van der Waals surface area contributed by atoms with E-state index in [0.29, 0.717) is 22.9 Å². The maximum absolute atomic E-state index is 13.2. The Bertz CT molecular complexity index is 847. The second kappa shape index (κ2) is 6.12. The maximum atomic E-state index is 13.2. The number of nitrogens with zero attached hydrogens (tertiary/aromatic N) is 1. The maximum Gasteiger partial charge on any atom is 0.204 e. The van der Waals surface area contributed by atoms with Crippen molar-refractivity contribution in [3.63, 3.8) is 0 Å². The molecule has 3 aromatic rings. The number of methoxy groups -OCH3 is 3. The van der Waals surface area contributed by atoms with Crippen molar-refractivity contribution in [2.45, 2.75) is 0 Å². The first-order chi connectivity index (χ1) is 11.2. The van der Waals surface area contributed by atoms with Crippen LogP contribution in [0.25, 0.3) is 22.0 Å². The highest BCUT2D eigenvalue weighted by Gasteiger charge is 2.19. The van der Waals surface area contributed by atoms with E-state index in [0.717, 1.165) is 16.3 Å². The third-order valence-corrected chi connectivity index (χ3v) is 3.67. The molecule has 1 aromatic heterocycles. The minimum Gasteiger partial charge on any atom is -0.493 e. The molecular weight excluding hydrogens is 297 g/mol. The van der Waals surface area contributed by atoms with E-state index in [2.05, 4.69) is 4.98 Å². The molecule has 0 saturated carbocycles. The Balaban J connectivity index is 2.37. The van der Waals surface area contributed by atoms with Crippen molar-refractivity contribution in [2.75, 3.05) is 21.3 Å². The van der Waals surface area contributed by atoms with Gasteiger partial charge in [-0.2, -0.15) is 0 Å². The zero-order valence-corrected chi connectivity index (χ0v) is 13.1. The van der Waals surface area contributed by atoms with Crippen LogP contribution < -0.4 is 14.2 Å². The van der Waals surface area contributed by atoms with Crippen LogP contribution in [-0.2, 0) is 0 Å². The van der Waals surface area contributed by atoms with Crippen molar-refractivity contribution in [1.29, 1.82) is 0 Å². The van der Waals surface area contributed by atoms with Crippen LogP contribution in [0.2, 0.25) is 0 Å². The van der Waals surface area contributed by atoms with E-state index in [-0.39, 0.29) is 5.82 Å². The number of hydrogen-bond acceptors (Lipinski definition) is 4. The Hall–Kier alpha value is -2.82. The van der Waals surface area contributed by atoms with Crippen molar-refractivity contribution < 1.29 is 18.6 Å². The van der Waals surface area contributed by atoms with Gasteiger partial charge in [-0.15, -0.1) is 0 Å². The number of benzene rings is 2. The lowest BCUT2D eigenvalue weighted by atomic mass is 10.0. The average molecular weight is 313 g/mol. The molecule has 0 amide bonds. The summed E-state index contributed by atoms with van der Waals surface area (Å²) in [5.41, 5.74) is 1.49. The lowest BCUT2D eigenvalue weighted by molar-refractivity contribution is 0.327. The zero-order chi connectivity index (χ0) is 16.4. The number of hydrogen-bond donors (Lipinski definition) is 0. The fourth-order valence-electron chi connectivity index (χ4n) is 2.63. The Morgan fingerprint density at radius 3 is 2.17 bits per heavy atom. The summed E-state index contributed by atoms with van der Waals surface area (Å²) in [7, 11) is 4.70. The molecule has 1 heterocycles. The van der Waals surface area contributed by atoms with Gasteiger partial charge in [0.1, 0.15) is 5.82 Å². The van der Waals surface area contributed by atoms with Crippen LogP contribution in [-0.4, -0.2) is 26.3 Å². The Labute approximate surface area is 133 Å². The predicted molar refractivity (Wildman–Crippen MR) is 86.8 cm³/mol. The number of halogens is 1. The summed E-state index contributed by atoms with van der Waals surface area (Å²) in [6.45, 7) is 0. The molecule has 0 saturated heterocycles. The third-order valence-electron chi connectivity index (χ3n) is 3.67. The highest BCUT2D eigenvalue weighted by molar-refractivity contribution is 6.02. The molecule has 4 nitrogen and oxygen atoms in total. The smallest absolute Gasteiger partial charge is 0.204 e. The summed E-state index contributed by atoms with van der Waals surface area (Å²) in [5.74, 6) is 1.32. The largest absolute Gasteiger partial charge is 0.493 e. The van der Waals surface area contributed by atoms with Crippen molar-refractivity contribution >= 4 is 10.8 Å². The molecule has 0 N–H and O–H groups in total. The van der Waals surface area contributed by atoms with Crippen LogP contribution in [0.3, 0.4) is 0 Å². The highest BCUT2D eigenvalue weighted by atomic mass is 19.1. The normalized spacial score (nSPS) is 10.6. The molecule has 0 aliphatic carbocycles. The summed E-state index contributed by atoms with van der Waals surface area (Å²) in [6.07, 6.45) is 1.70. The van der Waals surface area contributed by atoms with Crippen LogP contribution in [0.4, 0.5) is 4.39 Å². The number of fused-ring (bicyclic) bond motifs is 1. The fourth-order valence-corrected chi connectivity index (χ4v) is 2.63. The number of aromatic nitrogens is 1. The van der Waals surface area contributed by atoms with Crippen molar-refractivity contribution in [3.05, 3.63) is 48.4 Å². The quantitative estimate of drug-likeness (QED) is 0.728. The second-order valence-electron chi connectivity index (χ2n) is 4.91. The van der Waals surface area contributed by atoms with Crippen LogP contribution in [0.15, 0.2) is 42.6 Å². The second-order valence-corrected chi connectivity index (χ2v) is 4.91. The summed E-state index contributed by atoms with van der Waals surface area (Å²) < 4.78 is 29.6. The van der Waals surface area contributed by atoms with Crippen LogP contribution in [0.1, 0.15) is 0 Å². The zero-order valence-electron chi connectivity index (χ0n) is 13.1. The number of ether oxygens (including phenoxy) is 3. The van der Waals surface area contributed by atoms with Gasteiger partial charge >= 0.3 is 0 Å². The molecule has 0 radical (unpaired) electrons. The molecule has 0 fully saturated rings. The monoisotopic (exact) mass is 313 g/mol. The minimum absolute atomic E-state index is 0.291. The van der Waals surface area contributed by atoms with Gasteiger partial charge in [0.05, 0.1) is 32.4 Å². The number of rotatable bonds is 4. The predicted octanol–water partition coefficient (Wildman–Crippen LogP) is 4.07. The van der Waals surface area contributed by atoms with Crippen molar-refractivity contribution in [1.82, 2.24) is 4.98 Å². The van der Waals surface area contributed by atoms with Crippen LogP contribution in [0, 0.1) is 5.82 Å². The SMILES string of the molecule is COc1cc2ccnc(-c3ccc(F)cc3)c2c(OC)c1OC. The minimum atomic E-state index is -0.291. The van der Waals surface area contributed by atoms with Crippen molar-refractivity contribution in [3.8, 4) is 28.5 Å². The molecule has 2 aromatic carbocycles. The summed E-state index contributed by atoms with van der Waals surface area (Å²) in [4.78, 5) is 4.45. The molecule has 0 spiro atoms. The highest BCUT2D eigenvalue weighted by Crippen LogP contribution is 2.46. The topological polar surface area (TPSA) is 40.6 Å². The van der Waals surface area contributed by atoms with Gasteiger partial charge < -0.3 is 14.2 Å². The van der Waals surface area contributed by atoms with Gasteiger partial charge in [0, 0.05) is 11.8 Å². The van der Waals surface area contributed by atoms with Gasteiger partial charge in [0.25, 0.3) is 0 Å². The Morgan fingerprint density at radius 2 is 1.57 bits per heavy atom.